The summed E-state index contributed by atoms with van der Waals surface area (Å²) in [6.45, 7) is 6.65. The first-order chi connectivity index (χ1) is 23.3. The van der Waals surface area contributed by atoms with Gasteiger partial charge in [0.25, 0.3) is 5.91 Å². The first kappa shape index (κ1) is 34.5. The Morgan fingerprint density at radius 3 is 2.41 bits per heavy atom. The van der Waals surface area contributed by atoms with E-state index in [4.69, 9.17) is 9.47 Å². The Morgan fingerprint density at radius 1 is 1.04 bits per heavy atom. The number of β-lactam (4-membered cyclic amide) rings is 1. The summed E-state index contributed by atoms with van der Waals surface area (Å²) in [5.41, 5.74) is 1.28. The van der Waals surface area contributed by atoms with Crippen molar-refractivity contribution in [3.05, 3.63) is 95.6 Å². The molecule has 3 heterocycles. The number of aliphatic hydroxyl groups is 1. The number of hydrogen-bond acceptors (Lipinski definition) is 7. The zero-order chi connectivity index (χ0) is 35.1. The summed E-state index contributed by atoms with van der Waals surface area (Å²) in [5, 5.41) is 9.77. The minimum Gasteiger partial charge on any atom is -0.441 e. The summed E-state index contributed by atoms with van der Waals surface area (Å²) >= 11 is 0. The largest absolute Gasteiger partial charge is 0.441 e. The Morgan fingerprint density at radius 2 is 1.73 bits per heavy atom. The molecular weight excluding hydrogens is 646 g/mol. The van der Waals surface area contributed by atoms with Crippen molar-refractivity contribution in [3.63, 3.8) is 0 Å². The van der Waals surface area contributed by atoms with Gasteiger partial charge in [0.15, 0.2) is 11.8 Å². The SMILES string of the molecule is CC(=O)OC1CC(=O)N1c1cccc(CN2C(=O)[C@]3(O[C@H](CC(=O)N(CCO)Cc4ccccc4)[C@@H]([Si](C)(C)F)[C@@H]3C)c3ccccc32)c1. The van der Waals surface area contributed by atoms with E-state index >= 15 is 4.11 Å². The maximum Gasteiger partial charge on any atom is 0.304 e. The first-order valence-electron chi connectivity index (χ1n) is 16.6. The molecule has 1 N–H and O–H groups in total. The normalized spacial score (nSPS) is 24.6. The number of halogens is 1. The number of hydrogen-bond donors (Lipinski definition) is 1. The van der Waals surface area contributed by atoms with E-state index < -0.39 is 43.8 Å². The van der Waals surface area contributed by atoms with Gasteiger partial charge in [-0.3, -0.25) is 24.1 Å². The molecule has 3 amide bonds. The van der Waals surface area contributed by atoms with E-state index in [-0.39, 0.29) is 56.8 Å². The molecule has 10 nitrogen and oxygen atoms in total. The Hall–Kier alpha value is -4.39. The quantitative estimate of drug-likeness (QED) is 0.130. The Balaban J connectivity index is 1.29. The molecule has 0 aliphatic carbocycles. The number of anilines is 2. The van der Waals surface area contributed by atoms with Crippen LogP contribution < -0.4 is 9.80 Å². The average molecular weight is 688 g/mol. The number of rotatable bonds is 11. The van der Waals surface area contributed by atoms with E-state index in [1.165, 1.54) is 11.8 Å². The van der Waals surface area contributed by atoms with Gasteiger partial charge in [0.2, 0.25) is 20.2 Å². The fourth-order valence-corrected chi connectivity index (χ4v) is 10.3. The van der Waals surface area contributed by atoms with Crippen LogP contribution in [0.2, 0.25) is 18.6 Å². The molecule has 0 radical (unpaired) electrons. The van der Waals surface area contributed by atoms with E-state index in [2.05, 4.69) is 0 Å². The van der Waals surface area contributed by atoms with Gasteiger partial charge in [0.1, 0.15) is 0 Å². The molecule has 6 rings (SSSR count). The van der Waals surface area contributed by atoms with Gasteiger partial charge < -0.3 is 28.5 Å². The average Bonchev–Trinajstić information content (AvgIpc) is 3.47. The second kappa shape index (κ2) is 13.5. The molecule has 1 unspecified atom stereocenters. The van der Waals surface area contributed by atoms with E-state index in [0.717, 1.165) is 11.1 Å². The number of esters is 1. The fraction of sp³-hybridized carbons (Fsp3) is 0.405. The number of benzene rings is 3. The van der Waals surface area contributed by atoms with Gasteiger partial charge in [-0.15, -0.1) is 0 Å². The summed E-state index contributed by atoms with van der Waals surface area (Å²) in [5.74, 6) is -1.85. The van der Waals surface area contributed by atoms with Crippen molar-refractivity contribution in [2.45, 2.75) is 76.3 Å². The summed E-state index contributed by atoms with van der Waals surface area (Å²) in [6.07, 6.45) is -1.57. The summed E-state index contributed by atoms with van der Waals surface area (Å²) in [6, 6.07) is 23.9. The second-order valence-electron chi connectivity index (χ2n) is 13.6. The Bertz CT molecular complexity index is 1750. The Labute approximate surface area is 286 Å². The van der Waals surface area contributed by atoms with Crippen LogP contribution in [0.4, 0.5) is 15.5 Å². The molecule has 3 aromatic carbocycles. The topological polar surface area (TPSA) is 117 Å². The van der Waals surface area contributed by atoms with Gasteiger partial charge in [-0.05, 0) is 42.4 Å². The zero-order valence-electron chi connectivity index (χ0n) is 28.2. The van der Waals surface area contributed by atoms with Crippen LogP contribution in [-0.4, -0.2) is 67.6 Å². The zero-order valence-corrected chi connectivity index (χ0v) is 29.2. The summed E-state index contributed by atoms with van der Waals surface area (Å²) in [4.78, 5) is 57.2. The molecule has 3 aliphatic heterocycles. The Kier molecular flexibility index (Phi) is 9.49. The number of nitrogens with zero attached hydrogens (tertiary/aromatic N) is 3. The molecule has 0 bridgehead atoms. The highest BCUT2D eigenvalue weighted by Crippen LogP contribution is 2.60. The smallest absolute Gasteiger partial charge is 0.304 e. The van der Waals surface area contributed by atoms with Gasteiger partial charge in [0.05, 0.1) is 37.8 Å². The summed E-state index contributed by atoms with van der Waals surface area (Å²) in [7, 11) is -3.52. The number of ether oxygens (including phenoxy) is 2. The molecule has 258 valence electrons. The van der Waals surface area contributed by atoms with Crippen LogP contribution in [0.5, 0.6) is 0 Å². The van der Waals surface area contributed by atoms with E-state index in [1.54, 1.807) is 41.1 Å². The highest BCUT2D eigenvalue weighted by molar-refractivity contribution is 6.72. The number of carbonyl (C=O) groups excluding carboxylic acids is 4. The van der Waals surface area contributed by atoms with Crippen molar-refractivity contribution in [1.29, 1.82) is 0 Å². The lowest BCUT2D eigenvalue weighted by atomic mass is 9.82. The van der Waals surface area contributed by atoms with Gasteiger partial charge in [-0.25, -0.2) is 0 Å². The molecule has 2 saturated heterocycles. The van der Waals surface area contributed by atoms with Crippen LogP contribution in [0.1, 0.15) is 43.4 Å². The maximum absolute atomic E-state index is 16.3. The minimum atomic E-state index is -3.52. The molecule has 0 saturated carbocycles. The first-order valence-corrected chi connectivity index (χ1v) is 19.6. The third-order valence-corrected chi connectivity index (χ3v) is 12.4. The van der Waals surface area contributed by atoms with E-state index in [1.807, 2.05) is 67.6 Å². The van der Waals surface area contributed by atoms with Crippen molar-refractivity contribution in [1.82, 2.24) is 4.90 Å². The highest BCUT2D eigenvalue weighted by atomic mass is 28.4. The van der Waals surface area contributed by atoms with Crippen molar-refractivity contribution in [3.8, 4) is 0 Å². The highest BCUT2D eigenvalue weighted by Gasteiger charge is 2.67. The fourth-order valence-electron chi connectivity index (χ4n) is 7.85. The molecule has 3 aliphatic rings. The predicted octanol–water partition coefficient (Wildman–Crippen LogP) is 5.05. The lowest BCUT2D eigenvalue weighted by Gasteiger charge is -2.39. The van der Waals surface area contributed by atoms with Gasteiger partial charge in [-0.2, -0.15) is 0 Å². The molecule has 3 aromatic rings. The molecule has 5 atom stereocenters. The van der Waals surface area contributed by atoms with Crippen molar-refractivity contribution in [2.24, 2.45) is 5.92 Å². The molecular formula is C37H42FN3O7Si. The monoisotopic (exact) mass is 687 g/mol. The summed E-state index contributed by atoms with van der Waals surface area (Å²) < 4.78 is 28.4. The number of aliphatic hydroxyl groups excluding tert-OH is 1. The third kappa shape index (κ3) is 6.40. The molecule has 12 heteroatoms. The van der Waals surface area contributed by atoms with Crippen LogP contribution in [0.25, 0.3) is 0 Å². The number of amides is 3. The van der Waals surface area contributed by atoms with Crippen molar-refractivity contribution < 1.29 is 37.9 Å². The lowest BCUT2D eigenvalue weighted by Crippen LogP contribution is -2.54. The molecule has 1 spiro atoms. The van der Waals surface area contributed by atoms with Gasteiger partial charge in [-0.1, -0.05) is 67.6 Å². The van der Waals surface area contributed by atoms with Crippen molar-refractivity contribution >= 4 is 43.5 Å². The lowest BCUT2D eigenvalue weighted by molar-refractivity contribution is -0.154. The standard InChI is InChI=1S/C37H42FN3O7Si/c1-24-35(49(3,4)38)31(20-32(44)39(17-18-42)22-26-11-6-5-7-12-26)48-37(24)29-15-8-9-16-30(29)40(36(37)46)23-27-13-10-14-28(19-27)41-33(45)21-34(41)47-25(2)43/h5-16,19,24,31,34-35,42H,17-18,20-23H2,1-4H3/t24-,31+,34?,35-,37+/m0/s1. The molecule has 49 heavy (non-hydrogen) atoms. The van der Waals surface area contributed by atoms with Crippen LogP contribution >= 0.6 is 0 Å². The minimum absolute atomic E-state index is 0.0998. The van der Waals surface area contributed by atoms with E-state index in [9.17, 15) is 24.3 Å². The number of carbonyl (C=O) groups is 4. The molecule has 0 aromatic heterocycles. The van der Waals surface area contributed by atoms with Crippen LogP contribution in [0.3, 0.4) is 0 Å². The van der Waals surface area contributed by atoms with Crippen LogP contribution in [-0.2, 0) is 47.3 Å². The maximum atomic E-state index is 16.3. The number of para-hydroxylation sites is 1. The van der Waals surface area contributed by atoms with Crippen LogP contribution in [0.15, 0.2) is 78.9 Å². The van der Waals surface area contributed by atoms with Crippen LogP contribution in [0, 0.1) is 5.92 Å². The van der Waals surface area contributed by atoms with E-state index in [0.29, 0.717) is 16.9 Å². The van der Waals surface area contributed by atoms with Gasteiger partial charge in [0, 0.05) is 42.7 Å². The predicted molar refractivity (Wildman–Crippen MR) is 183 cm³/mol. The number of fused-ring (bicyclic) bond motifs is 2. The van der Waals surface area contributed by atoms with Gasteiger partial charge >= 0.3 is 5.97 Å². The second-order valence-corrected chi connectivity index (χ2v) is 17.4. The molecule has 2 fully saturated rings. The van der Waals surface area contributed by atoms with Crippen molar-refractivity contribution in [2.75, 3.05) is 23.0 Å². The third-order valence-electron chi connectivity index (χ3n) is 9.92.